The third-order valence-electron chi connectivity index (χ3n) is 3.80. The Kier molecular flexibility index (Phi) is 6.10. The van der Waals surface area contributed by atoms with E-state index in [0.717, 1.165) is 0 Å². The number of carbonyl (C=O) groups is 2. The van der Waals surface area contributed by atoms with Crippen LogP contribution in [-0.2, 0) is 11.4 Å². The number of carbonyl (C=O) groups excluding carboxylic acids is 1. The number of ether oxygens (including phenoxy) is 1. The molecule has 2 atom stereocenters. The summed E-state index contributed by atoms with van der Waals surface area (Å²) < 4.78 is 10.4. The Bertz CT molecular complexity index is 743. The molecule has 1 amide bonds. The Morgan fingerprint density at radius 3 is 2.76 bits per heavy atom. The van der Waals surface area contributed by atoms with Crippen molar-refractivity contribution in [1.29, 1.82) is 0 Å². The van der Waals surface area contributed by atoms with E-state index in [1.165, 1.54) is 6.07 Å². The largest absolute Gasteiger partial charge is 0.485 e. The fraction of sp³-hybridized carbons (Fsp3) is 0.412. The number of hydrogen-bond donors (Lipinski definition) is 2. The number of hydrogen-bond acceptors (Lipinski definition) is 6. The third kappa shape index (κ3) is 5.03. The van der Waals surface area contributed by atoms with Gasteiger partial charge >= 0.3 is 5.97 Å². The first kappa shape index (κ1) is 18.4. The van der Waals surface area contributed by atoms with Crippen LogP contribution in [0.5, 0.6) is 5.75 Å². The maximum atomic E-state index is 12.3. The average molecular weight is 347 g/mol. The number of amides is 1. The Hall–Kier alpha value is -2.90. The summed E-state index contributed by atoms with van der Waals surface area (Å²) >= 11 is 0. The lowest BCUT2D eigenvalue weighted by Crippen LogP contribution is -2.45. The molecule has 1 heterocycles. The quantitative estimate of drug-likeness (QED) is 0.752. The Morgan fingerprint density at radius 2 is 2.16 bits per heavy atom. The van der Waals surface area contributed by atoms with Gasteiger partial charge in [0.25, 0.3) is 5.91 Å². The van der Waals surface area contributed by atoms with Crippen molar-refractivity contribution >= 4 is 11.9 Å². The van der Waals surface area contributed by atoms with E-state index in [1.54, 1.807) is 32.0 Å². The molecule has 8 nitrogen and oxygen atoms in total. The van der Waals surface area contributed by atoms with Crippen LogP contribution in [0.1, 0.15) is 42.3 Å². The highest BCUT2D eigenvalue weighted by molar-refractivity contribution is 5.96. The Labute approximate surface area is 145 Å². The second-order valence-electron chi connectivity index (χ2n) is 5.72. The van der Waals surface area contributed by atoms with Gasteiger partial charge in [-0.05, 0) is 24.1 Å². The number of nitrogens with zero attached hydrogens (tertiary/aromatic N) is 2. The second kappa shape index (κ2) is 8.27. The van der Waals surface area contributed by atoms with Crippen LogP contribution in [0.2, 0.25) is 0 Å². The van der Waals surface area contributed by atoms with Crippen molar-refractivity contribution in [2.24, 2.45) is 5.92 Å². The first-order valence-electron chi connectivity index (χ1n) is 7.96. The molecule has 0 spiro atoms. The predicted molar refractivity (Wildman–Crippen MR) is 88.2 cm³/mol. The van der Waals surface area contributed by atoms with E-state index in [2.05, 4.69) is 15.5 Å². The van der Waals surface area contributed by atoms with Gasteiger partial charge in [-0.25, -0.2) is 4.79 Å². The third-order valence-corrected chi connectivity index (χ3v) is 3.80. The number of aromatic nitrogens is 2. The molecule has 0 saturated carbocycles. The summed E-state index contributed by atoms with van der Waals surface area (Å²) in [6.45, 7) is 5.44. The molecule has 2 rings (SSSR count). The second-order valence-corrected chi connectivity index (χ2v) is 5.72. The summed E-state index contributed by atoms with van der Waals surface area (Å²) in [6, 6.07) is 5.54. The Balaban J connectivity index is 2.03. The molecule has 8 heteroatoms. The van der Waals surface area contributed by atoms with Gasteiger partial charge in [0.1, 0.15) is 11.8 Å². The van der Waals surface area contributed by atoms with Gasteiger partial charge in [-0.15, -0.1) is 0 Å². The molecule has 25 heavy (non-hydrogen) atoms. The molecule has 0 bridgehead atoms. The molecule has 2 N–H and O–H groups in total. The minimum absolute atomic E-state index is 0.104. The van der Waals surface area contributed by atoms with E-state index in [4.69, 9.17) is 9.26 Å². The van der Waals surface area contributed by atoms with Gasteiger partial charge in [-0.3, -0.25) is 4.79 Å². The zero-order valence-corrected chi connectivity index (χ0v) is 14.4. The van der Waals surface area contributed by atoms with E-state index >= 15 is 0 Å². The molecule has 134 valence electrons. The van der Waals surface area contributed by atoms with Gasteiger partial charge in [-0.2, -0.15) is 4.98 Å². The minimum atomic E-state index is -1.05. The fourth-order valence-electron chi connectivity index (χ4n) is 2.18. The van der Waals surface area contributed by atoms with Gasteiger partial charge < -0.3 is 19.7 Å². The van der Waals surface area contributed by atoms with Crippen molar-refractivity contribution in [2.45, 2.75) is 39.8 Å². The predicted octanol–water partition coefficient (Wildman–Crippen LogP) is 2.19. The highest BCUT2D eigenvalue weighted by Gasteiger charge is 2.25. The van der Waals surface area contributed by atoms with Crippen molar-refractivity contribution in [3.63, 3.8) is 0 Å². The number of aliphatic carboxylic acids is 1. The lowest BCUT2D eigenvalue weighted by atomic mass is 9.99. The van der Waals surface area contributed by atoms with Crippen LogP contribution in [0, 0.1) is 12.8 Å². The van der Waals surface area contributed by atoms with Gasteiger partial charge in [0.05, 0.1) is 0 Å². The number of nitrogens with one attached hydrogen (secondary N) is 1. The van der Waals surface area contributed by atoms with E-state index in [-0.39, 0.29) is 12.5 Å². The first-order chi connectivity index (χ1) is 11.9. The SMILES string of the molecule is CCC(C)C(NC(=O)c1cccc(OCc2noc(C)n2)c1)C(=O)O. The number of benzene rings is 1. The molecule has 1 aromatic carbocycles. The zero-order valence-electron chi connectivity index (χ0n) is 14.4. The molecule has 1 aromatic heterocycles. The summed E-state index contributed by atoms with van der Waals surface area (Å²) in [4.78, 5) is 27.7. The Morgan fingerprint density at radius 1 is 1.40 bits per heavy atom. The van der Waals surface area contributed by atoms with E-state index in [9.17, 15) is 14.7 Å². The summed E-state index contributed by atoms with van der Waals surface area (Å²) in [5.41, 5.74) is 0.316. The number of carboxylic acids is 1. The highest BCUT2D eigenvalue weighted by Crippen LogP contribution is 2.16. The summed E-state index contributed by atoms with van der Waals surface area (Å²) in [5.74, 6) is -0.407. The van der Waals surface area contributed by atoms with Crippen LogP contribution in [-0.4, -0.2) is 33.2 Å². The van der Waals surface area contributed by atoms with Crippen molar-refractivity contribution < 1.29 is 24.0 Å². The summed E-state index contributed by atoms with van der Waals surface area (Å²) in [7, 11) is 0. The molecule has 0 saturated heterocycles. The summed E-state index contributed by atoms with van der Waals surface area (Å²) in [6.07, 6.45) is 0.643. The van der Waals surface area contributed by atoms with E-state index < -0.39 is 17.9 Å². The van der Waals surface area contributed by atoms with Gasteiger partial charge in [0.2, 0.25) is 11.7 Å². The van der Waals surface area contributed by atoms with Gasteiger partial charge in [-0.1, -0.05) is 31.5 Å². The van der Waals surface area contributed by atoms with E-state index in [0.29, 0.717) is 29.4 Å². The van der Waals surface area contributed by atoms with Crippen LogP contribution in [0.25, 0.3) is 0 Å². The lowest BCUT2D eigenvalue weighted by Gasteiger charge is -2.20. The van der Waals surface area contributed by atoms with Crippen molar-refractivity contribution in [1.82, 2.24) is 15.5 Å². The highest BCUT2D eigenvalue weighted by atomic mass is 16.5. The normalized spacial score (nSPS) is 13.1. The molecule has 0 radical (unpaired) electrons. The molecular formula is C17H21N3O5. The molecule has 2 unspecified atom stereocenters. The number of aryl methyl sites for hydroxylation is 1. The molecule has 0 aliphatic carbocycles. The molecule has 2 aromatic rings. The summed E-state index contributed by atoms with van der Waals surface area (Å²) in [5, 5.41) is 15.5. The van der Waals surface area contributed by atoms with Crippen molar-refractivity contribution in [2.75, 3.05) is 0 Å². The van der Waals surface area contributed by atoms with Gasteiger partial charge in [0, 0.05) is 12.5 Å². The zero-order chi connectivity index (χ0) is 18.4. The van der Waals surface area contributed by atoms with Crippen LogP contribution in [0.3, 0.4) is 0 Å². The average Bonchev–Trinajstić information content (AvgIpc) is 3.02. The molecule has 0 fully saturated rings. The van der Waals surface area contributed by atoms with Crippen LogP contribution < -0.4 is 10.1 Å². The fourth-order valence-corrected chi connectivity index (χ4v) is 2.18. The monoisotopic (exact) mass is 347 g/mol. The number of carboxylic acid groups (broad SMARTS) is 1. The topological polar surface area (TPSA) is 115 Å². The number of rotatable bonds is 8. The first-order valence-corrected chi connectivity index (χ1v) is 7.96. The van der Waals surface area contributed by atoms with Crippen LogP contribution in [0.15, 0.2) is 28.8 Å². The van der Waals surface area contributed by atoms with Gasteiger partial charge in [0.15, 0.2) is 6.61 Å². The maximum absolute atomic E-state index is 12.3. The smallest absolute Gasteiger partial charge is 0.326 e. The van der Waals surface area contributed by atoms with E-state index in [1.807, 2.05) is 6.92 Å². The lowest BCUT2D eigenvalue weighted by molar-refractivity contribution is -0.140. The minimum Gasteiger partial charge on any atom is -0.485 e. The molecule has 0 aliphatic heterocycles. The maximum Gasteiger partial charge on any atom is 0.326 e. The van der Waals surface area contributed by atoms with Crippen molar-refractivity contribution in [3.8, 4) is 5.75 Å². The van der Waals surface area contributed by atoms with Crippen LogP contribution in [0.4, 0.5) is 0 Å². The standard InChI is InChI=1S/C17H21N3O5/c1-4-10(2)15(17(22)23)19-16(21)12-6-5-7-13(8-12)24-9-14-18-11(3)25-20-14/h5-8,10,15H,4,9H2,1-3H3,(H,19,21)(H,22,23). The van der Waals surface area contributed by atoms with Crippen molar-refractivity contribution in [3.05, 3.63) is 41.5 Å². The van der Waals surface area contributed by atoms with Crippen LogP contribution >= 0.6 is 0 Å². The molecule has 0 aliphatic rings. The molecular weight excluding hydrogens is 326 g/mol.